The molecule has 5 nitrogen and oxygen atoms in total. The Morgan fingerprint density at radius 1 is 1.00 bits per heavy atom. The fraction of sp³-hybridized carbons (Fsp3) is 0.400. The van der Waals surface area contributed by atoms with Crippen LogP contribution in [0.4, 0.5) is 0 Å². The van der Waals surface area contributed by atoms with E-state index in [1.54, 1.807) is 24.3 Å². The molecule has 1 aliphatic rings. The summed E-state index contributed by atoms with van der Waals surface area (Å²) in [7, 11) is -3.86. The lowest BCUT2D eigenvalue weighted by atomic mass is 9.84. The number of rotatable bonds is 4. The van der Waals surface area contributed by atoms with Gasteiger partial charge in [-0.15, -0.1) is 0 Å². The number of benzene rings is 2. The van der Waals surface area contributed by atoms with Gasteiger partial charge in [0.05, 0.1) is 16.9 Å². The molecule has 2 aromatic rings. The molecular formula is C25H31NO4S. The zero-order chi connectivity index (χ0) is 23.0. The summed E-state index contributed by atoms with van der Waals surface area (Å²) in [6, 6.07) is 13.7. The molecule has 1 heterocycles. The Balaban J connectivity index is 2.12. The van der Waals surface area contributed by atoms with E-state index in [2.05, 4.69) is 6.58 Å². The van der Waals surface area contributed by atoms with Gasteiger partial charge >= 0.3 is 5.97 Å². The van der Waals surface area contributed by atoms with Gasteiger partial charge in [-0.1, -0.05) is 59.7 Å². The van der Waals surface area contributed by atoms with Crippen LogP contribution in [0, 0.1) is 19.8 Å². The Morgan fingerprint density at radius 2 is 1.52 bits per heavy atom. The van der Waals surface area contributed by atoms with E-state index in [4.69, 9.17) is 4.74 Å². The van der Waals surface area contributed by atoms with Gasteiger partial charge in [0.25, 0.3) is 0 Å². The summed E-state index contributed by atoms with van der Waals surface area (Å²) in [5, 5.41) is 0. The van der Waals surface area contributed by atoms with Crippen molar-refractivity contribution in [2.45, 2.75) is 57.6 Å². The van der Waals surface area contributed by atoms with E-state index in [0.717, 1.165) is 16.7 Å². The molecule has 166 valence electrons. The van der Waals surface area contributed by atoms with Crippen molar-refractivity contribution >= 4 is 16.0 Å². The number of piperidine rings is 1. The van der Waals surface area contributed by atoms with Crippen LogP contribution >= 0.6 is 0 Å². The van der Waals surface area contributed by atoms with Crippen molar-refractivity contribution in [3.63, 3.8) is 0 Å². The van der Waals surface area contributed by atoms with Crippen LogP contribution in [0.25, 0.3) is 0 Å². The molecule has 0 aliphatic carbocycles. The van der Waals surface area contributed by atoms with Crippen molar-refractivity contribution in [3.05, 3.63) is 77.4 Å². The molecule has 0 saturated carbocycles. The minimum atomic E-state index is -3.86. The summed E-state index contributed by atoms with van der Waals surface area (Å²) < 4.78 is 34.4. The molecule has 2 aromatic carbocycles. The molecule has 3 rings (SSSR count). The first-order valence-electron chi connectivity index (χ1n) is 10.4. The number of aryl methyl sites for hydroxylation is 2. The highest BCUT2D eigenvalue weighted by atomic mass is 32.2. The van der Waals surface area contributed by atoms with Gasteiger partial charge < -0.3 is 4.74 Å². The Bertz CT molecular complexity index is 1060. The normalized spacial score (nSPS) is 20.5. The highest BCUT2D eigenvalue weighted by molar-refractivity contribution is 7.89. The summed E-state index contributed by atoms with van der Waals surface area (Å²) >= 11 is 0. The molecule has 0 amide bonds. The Kier molecular flexibility index (Phi) is 6.44. The summed E-state index contributed by atoms with van der Waals surface area (Å²) in [4.78, 5) is 13.4. The number of sulfonamides is 1. The van der Waals surface area contributed by atoms with Crippen molar-refractivity contribution in [2.24, 2.45) is 5.92 Å². The zero-order valence-corrected chi connectivity index (χ0v) is 19.7. The lowest BCUT2D eigenvalue weighted by Gasteiger charge is -2.41. The molecule has 0 spiro atoms. The maximum absolute atomic E-state index is 13.7. The minimum absolute atomic E-state index is 0.161. The van der Waals surface area contributed by atoms with Gasteiger partial charge in [0.2, 0.25) is 10.0 Å². The average Bonchev–Trinajstić information content (AvgIpc) is 2.67. The molecule has 0 aromatic heterocycles. The predicted molar refractivity (Wildman–Crippen MR) is 122 cm³/mol. The van der Waals surface area contributed by atoms with Crippen LogP contribution in [0.3, 0.4) is 0 Å². The van der Waals surface area contributed by atoms with E-state index in [1.807, 2.05) is 58.9 Å². The van der Waals surface area contributed by atoms with E-state index in [9.17, 15) is 13.2 Å². The second-order valence-corrected chi connectivity index (χ2v) is 11.2. The number of carbonyl (C=O) groups excluding carboxylic acids is 1. The Morgan fingerprint density at radius 3 is 2.03 bits per heavy atom. The molecule has 6 heteroatoms. The van der Waals surface area contributed by atoms with E-state index in [1.165, 1.54) is 4.31 Å². The zero-order valence-electron chi connectivity index (χ0n) is 18.9. The Labute approximate surface area is 185 Å². The van der Waals surface area contributed by atoms with Gasteiger partial charge in [0, 0.05) is 6.54 Å². The summed E-state index contributed by atoms with van der Waals surface area (Å²) in [5.41, 5.74) is 2.82. The molecule has 2 atom stereocenters. The van der Waals surface area contributed by atoms with Crippen molar-refractivity contribution in [3.8, 4) is 0 Å². The van der Waals surface area contributed by atoms with Gasteiger partial charge in [-0.2, -0.15) is 4.31 Å². The summed E-state index contributed by atoms with van der Waals surface area (Å²) in [6.07, 6.45) is 0.382. The van der Waals surface area contributed by atoms with Crippen LogP contribution < -0.4 is 0 Å². The maximum atomic E-state index is 13.7. The van der Waals surface area contributed by atoms with Crippen LogP contribution in [0.1, 0.15) is 49.9 Å². The standard InChI is InChI=1S/C25H31NO4S/c1-17-7-11-20(12-8-17)23-22(24(27)30-25(4,5)6)15-19(3)16-26(23)31(28,29)21-13-9-18(2)10-14-21/h7-14,22-23H,3,15-16H2,1-2,4-6H3/t22?,23-/m0/s1. The lowest BCUT2D eigenvalue weighted by Crippen LogP contribution is -2.47. The van der Waals surface area contributed by atoms with Crippen molar-refractivity contribution < 1.29 is 17.9 Å². The van der Waals surface area contributed by atoms with Crippen LogP contribution in [-0.4, -0.2) is 30.8 Å². The third kappa shape index (κ3) is 5.25. The molecule has 1 unspecified atom stereocenters. The maximum Gasteiger partial charge on any atom is 0.311 e. The molecule has 0 radical (unpaired) electrons. The summed E-state index contributed by atoms with van der Waals surface area (Å²) in [5.74, 6) is -1.09. The fourth-order valence-corrected chi connectivity index (χ4v) is 5.51. The van der Waals surface area contributed by atoms with Crippen LogP contribution in [0.15, 0.2) is 65.6 Å². The largest absolute Gasteiger partial charge is 0.460 e. The first kappa shape index (κ1) is 23.2. The quantitative estimate of drug-likeness (QED) is 0.497. The molecule has 0 N–H and O–H groups in total. The lowest BCUT2D eigenvalue weighted by molar-refractivity contribution is -0.162. The number of esters is 1. The third-order valence-corrected chi connectivity index (χ3v) is 7.18. The summed E-state index contributed by atoms with van der Waals surface area (Å²) in [6.45, 7) is 13.5. The van der Waals surface area contributed by atoms with Gasteiger partial charge in [-0.05, 0) is 58.7 Å². The van der Waals surface area contributed by atoms with Gasteiger partial charge in [0.15, 0.2) is 0 Å². The third-order valence-electron chi connectivity index (χ3n) is 5.34. The van der Waals surface area contributed by atoms with Gasteiger partial charge in [0.1, 0.15) is 5.60 Å². The van der Waals surface area contributed by atoms with Gasteiger partial charge in [-0.25, -0.2) is 8.42 Å². The minimum Gasteiger partial charge on any atom is -0.460 e. The average molecular weight is 442 g/mol. The van der Waals surface area contributed by atoms with Crippen LogP contribution in [-0.2, 0) is 19.6 Å². The number of ether oxygens (including phenoxy) is 1. The highest BCUT2D eigenvalue weighted by Crippen LogP contribution is 2.42. The van der Waals surface area contributed by atoms with Crippen LogP contribution in [0.2, 0.25) is 0 Å². The van der Waals surface area contributed by atoms with E-state index >= 15 is 0 Å². The topological polar surface area (TPSA) is 63.7 Å². The van der Waals surface area contributed by atoms with Crippen molar-refractivity contribution in [2.75, 3.05) is 6.54 Å². The molecule has 31 heavy (non-hydrogen) atoms. The number of hydrogen-bond donors (Lipinski definition) is 0. The van der Waals surface area contributed by atoms with E-state index in [0.29, 0.717) is 12.0 Å². The number of carbonyl (C=O) groups is 1. The second-order valence-electron chi connectivity index (χ2n) is 9.31. The van der Waals surface area contributed by atoms with Crippen LogP contribution in [0.5, 0.6) is 0 Å². The molecular weight excluding hydrogens is 410 g/mol. The van der Waals surface area contributed by atoms with Crippen molar-refractivity contribution in [1.82, 2.24) is 4.31 Å². The monoisotopic (exact) mass is 441 g/mol. The predicted octanol–water partition coefficient (Wildman–Crippen LogP) is 4.95. The molecule has 1 saturated heterocycles. The smallest absolute Gasteiger partial charge is 0.311 e. The number of hydrogen-bond acceptors (Lipinski definition) is 4. The first-order chi connectivity index (χ1) is 14.4. The van der Waals surface area contributed by atoms with E-state index < -0.39 is 33.6 Å². The van der Waals surface area contributed by atoms with Crippen molar-refractivity contribution in [1.29, 1.82) is 0 Å². The Hall–Kier alpha value is -2.44. The molecule has 1 aliphatic heterocycles. The van der Waals surface area contributed by atoms with Gasteiger partial charge in [-0.3, -0.25) is 4.79 Å². The fourth-order valence-electron chi connectivity index (χ4n) is 3.84. The molecule has 0 bridgehead atoms. The number of nitrogens with zero attached hydrogens (tertiary/aromatic N) is 1. The molecule has 1 fully saturated rings. The highest BCUT2D eigenvalue weighted by Gasteiger charge is 2.45. The van der Waals surface area contributed by atoms with E-state index in [-0.39, 0.29) is 11.4 Å². The SMILES string of the molecule is C=C1CC(C(=O)OC(C)(C)C)[C@H](c2ccc(C)cc2)N(S(=O)(=O)c2ccc(C)cc2)C1. The first-order valence-corrected chi connectivity index (χ1v) is 11.9. The second kappa shape index (κ2) is 8.60.